The van der Waals surface area contributed by atoms with Crippen LogP contribution >= 0.6 is 11.6 Å². The second-order valence-corrected chi connectivity index (χ2v) is 5.47. The molecule has 0 saturated heterocycles. The highest BCUT2D eigenvalue weighted by molar-refractivity contribution is 6.31. The normalized spacial score (nSPS) is 11.3. The van der Waals surface area contributed by atoms with Gasteiger partial charge in [0.05, 0.1) is 5.41 Å². The van der Waals surface area contributed by atoms with E-state index in [4.69, 9.17) is 23.1 Å². The van der Waals surface area contributed by atoms with Crippen LogP contribution in [0.2, 0.25) is 5.02 Å². The lowest BCUT2D eigenvalue weighted by atomic mass is 9.84. The maximum absolute atomic E-state index is 12.1. The van der Waals surface area contributed by atoms with Crippen molar-refractivity contribution in [3.8, 4) is 0 Å². The number of hydrogen-bond acceptors (Lipinski definition) is 3. The average molecular weight is 269 g/mol. The third-order valence-corrected chi connectivity index (χ3v) is 3.14. The monoisotopic (exact) mass is 268 g/mol. The number of ketones is 1. The third-order valence-electron chi connectivity index (χ3n) is 2.92. The zero-order chi connectivity index (χ0) is 14.1. The molecule has 1 aromatic rings. The Balaban J connectivity index is 3.09. The second kappa shape index (κ2) is 4.98. The predicted octanol–water partition coefficient (Wildman–Crippen LogP) is 2.31. The summed E-state index contributed by atoms with van der Waals surface area (Å²) in [6, 6.07) is 3.20. The summed E-state index contributed by atoms with van der Waals surface area (Å²) in [5.74, 6) is -0.755. The number of anilines is 1. The van der Waals surface area contributed by atoms with Crippen molar-refractivity contribution in [3.63, 3.8) is 0 Å². The Kier molecular flexibility index (Phi) is 4.02. The Hall–Kier alpha value is -1.55. The SMILES string of the molecule is Cc1cc(Cl)cc(C(=O)CC(C)(C)C(N)=O)c1N. The number of aryl methyl sites for hydroxylation is 1. The molecule has 0 aliphatic carbocycles. The molecule has 98 valence electrons. The maximum atomic E-state index is 12.1. The van der Waals surface area contributed by atoms with Gasteiger partial charge >= 0.3 is 0 Å². The van der Waals surface area contributed by atoms with Gasteiger partial charge in [-0.15, -0.1) is 0 Å². The Labute approximate surface area is 111 Å². The molecule has 0 aliphatic rings. The van der Waals surface area contributed by atoms with E-state index in [1.165, 1.54) is 6.07 Å². The Morgan fingerprint density at radius 1 is 1.33 bits per heavy atom. The van der Waals surface area contributed by atoms with E-state index in [0.29, 0.717) is 16.3 Å². The molecule has 4 nitrogen and oxygen atoms in total. The molecule has 0 bridgehead atoms. The number of hydrogen-bond donors (Lipinski definition) is 2. The molecule has 0 aliphatic heterocycles. The molecule has 0 fully saturated rings. The molecule has 0 atom stereocenters. The molecule has 0 unspecified atom stereocenters. The first-order valence-corrected chi connectivity index (χ1v) is 5.91. The number of Topliss-reactive ketones (excluding diaryl/α,β-unsaturated/α-hetero) is 1. The van der Waals surface area contributed by atoms with Crippen LogP contribution in [0.5, 0.6) is 0 Å². The molecule has 0 radical (unpaired) electrons. The summed E-state index contributed by atoms with van der Waals surface area (Å²) in [7, 11) is 0. The zero-order valence-electron chi connectivity index (χ0n) is 10.7. The molecule has 18 heavy (non-hydrogen) atoms. The summed E-state index contributed by atoms with van der Waals surface area (Å²) in [5.41, 5.74) is 11.7. The number of benzene rings is 1. The van der Waals surface area contributed by atoms with Crippen LogP contribution in [0, 0.1) is 12.3 Å². The summed E-state index contributed by atoms with van der Waals surface area (Å²) in [6.07, 6.45) is 0.00627. The van der Waals surface area contributed by atoms with Gasteiger partial charge in [0, 0.05) is 22.7 Å². The fourth-order valence-electron chi connectivity index (χ4n) is 1.57. The molecular formula is C13H17ClN2O2. The van der Waals surface area contributed by atoms with Crippen LogP contribution < -0.4 is 11.5 Å². The van der Waals surface area contributed by atoms with Crippen molar-refractivity contribution in [2.24, 2.45) is 11.1 Å². The lowest BCUT2D eigenvalue weighted by Gasteiger charge is -2.20. The van der Waals surface area contributed by atoms with Gasteiger partial charge < -0.3 is 11.5 Å². The van der Waals surface area contributed by atoms with E-state index in [0.717, 1.165) is 5.56 Å². The van der Waals surface area contributed by atoms with Crippen LogP contribution in [0.3, 0.4) is 0 Å². The van der Waals surface area contributed by atoms with Gasteiger partial charge in [0.1, 0.15) is 0 Å². The van der Waals surface area contributed by atoms with E-state index in [1.807, 2.05) is 0 Å². The summed E-state index contributed by atoms with van der Waals surface area (Å²) in [6.45, 7) is 5.03. The van der Waals surface area contributed by atoms with Gasteiger partial charge in [-0.25, -0.2) is 0 Å². The number of rotatable bonds is 4. The molecule has 0 saturated carbocycles. The summed E-state index contributed by atoms with van der Waals surface area (Å²) >= 11 is 5.90. The minimum absolute atomic E-state index is 0.00627. The summed E-state index contributed by atoms with van der Waals surface area (Å²) in [4.78, 5) is 23.4. The van der Waals surface area contributed by atoms with Crippen LogP contribution in [0.4, 0.5) is 5.69 Å². The number of primary amides is 1. The summed E-state index contributed by atoms with van der Waals surface area (Å²) in [5, 5.41) is 0.446. The Morgan fingerprint density at radius 2 is 1.89 bits per heavy atom. The van der Waals surface area contributed by atoms with Gasteiger partial charge in [0.2, 0.25) is 5.91 Å². The quantitative estimate of drug-likeness (QED) is 0.649. The van der Waals surface area contributed by atoms with E-state index in [1.54, 1.807) is 26.8 Å². The van der Waals surface area contributed by atoms with Crippen LogP contribution in [-0.4, -0.2) is 11.7 Å². The molecule has 5 heteroatoms. The standard InChI is InChI=1S/C13H17ClN2O2/c1-7-4-8(14)5-9(11(7)15)10(17)6-13(2,3)12(16)18/h4-5H,6,15H2,1-3H3,(H2,16,18). The number of amides is 1. The fraction of sp³-hybridized carbons (Fsp3) is 0.385. The third kappa shape index (κ3) is 3.01. The smallest absolute Gasteiger partial charge is 0.223 e. The Bertz CT molecular complexity index is 510. The highest BCUT2D eigenvalue weighted by Crippen LogP contribution is 2.28. The van der Waals surface area contributed by atoms with E-state index in [2.05, 4.69) is 0 Å². The molecular weight excluding hydrogens is 252 g/mol. The van der Waals surface area contributed by atoms with Crippen molar-refractivity contribution in [1.82, 2.24) is 0 Å². The number of halogens is 1. The van der Waals surface area contributed by atoms with Crippen molar-refractivity contribution in [2.75, 3.05) is 5.73 Å². The largest absolute Gasteiger partial charge is 0.398 e. The van der Waals surface area contributed by atoms with Crippen LogP contribution in [0.25, 0.3) is 0 Å². The van der Waals surface area contributed by atoms with Crippen molar-refractivity contribution >= 4 is 29.0 Å². The van der Waals surface area contributed by atoms with Crippen molar-refractivity contribution < 1.29 is 9.59 Å². The lowest BCUT2D eigenvalue weighted by Crippen LogP contribution is -2.33. The van der Waals surface area contributed by atoms with Gasteiger partial charge in [-0.2, -0.15) is 0 Å². The maximum Gasteiger partial charge on any atom is 0.223 e. The van der Waals surface area contributed by atoms with E-state index >= 15 is 0 Å². The molecule has 0 spiro atoms. The van der Waals surface area contributed by atoms with E-state index in [9.17, 15) is 9.59 Å². The number of nitrogen functional groups attached to an aromatic ring is 1. The van der Waals surface area contributed by atoms with Gasteiger partial charge in [-0.3, -0.25) is 9.59 Å². The molecule has 0 aromatic heterocycles. The van der Waals surface area contributed by atoms with Gasteiger partial charge in [0.25, 0.3) is 0 Å². The topological polar surface area (TPSA) is 86.2 Å². The minimum Gasteiger partial charge on any atom is -0.398 e. The average Bonchev–Trinajstić information content (AvgIpc) is 2.22. The van der Waals surface area contributed by atoms with E-state index < -0.39 is 11.3 Å². The Morgan fingerprint density at radius 3 is 2.39 bits per heavy atom. The highest BCUT2D eigenvalue weighted by atomic mass is 35.5. The molecule has 0 heterocycles. The second-order valence-electron chi connectivity index (χ2n) is 5.03. The zero-order valence-corrected chi connectivity index (χ0v) is 11.5. The summed E-state index contributed by atoms with van der Waals surface area (Å²) < 4.78 is 0. The van der Waals surface area contributed by atoms with Crippen molar-refractivity contribution in [2.45, 2.75) is 27.2 Å². The fourth-order valence-corrected chi connectivity index (χ4v) is 1.84. The van der Waals surface area contributed by atoms with Gasteiger partial charge in [-0.1, -0.05) is 25.4 Å². The van der Waals surface area contributed by atoms with Crippen molar-refractivity contribution in [1.29, 1.82) is 0 Å². The molecule has 1 amide bonds. The van der Waals surface area contributed by atoms with Crippen LogP contribution in [-0.2, 0) is 4.79 Å². The number of carbonyl (C=O) groups is 2. The number of nitrogens with two attached hydrogens (primary N) is 2. The molecule has 1 aromatic carbocycles. The first kappa shape index (κ1) is 14.5. The van der Waals surface area contributed by atoms with E-state index in [-0.39, 0.29) is 12.2 Å². The minimum atomic E-state index is -0.903. The predicted molar refractivity (Wildman–Crippen MR) is 72.5 cm³/mol. The molecule has 4 N–H and O–H groups in total. The number of carbonyl (C=O) groups excluding carboxylic acids is 2. The highest BCUT2D eigenvalue weighted by Gasteiger charge is 2.29. The first-order chi connectivity index (χ1) is 8.15. The first-order valence-electron chi connectivity index (χ1n) is 5.54. The van der Waals surface area contributed by atoms with Gasteiger partial charge in [0.15, 0.2) is 5.78 Å². The lowest BCUT2D eigenvalue weighted by molar-refractivity contribution is -0.125. The molecule has 1 rings (SSSR count). The van der Waals surface area contributed by atoms with Crippen LogP contribution in [0.1, 0.15) is 36.2 Å². The van der Waals surface area contributed by atoms with Gasteiger partial charge in [-0.05, 0) is 24.6 Å². The van der Waals surface area contributed by atoms with Crippen LogP contribution in [0.15, 0.2) is 12.1 Å². The van der Waals surface area contributed by atoms with Crippen molar-refractivity contribution in [3.05, 3.63) is 28.3 Å².